The van der Waals surface area contributed by atoms with E-state index in [-0.39, 0.29) is 17.3 Å². The van der Waals surface area contributed by atoms with Gasteiger partial charge in [-0.15, -0.1) is 0 Å². The highest BCUT2D eigenvalue weighted by molar-refractivity contribution is 5.59. The minimum absolute atomic E-state index is 0.113. The molecule has 0 unspecified atom stereocenters. The Balaban J connectivity index is 2.20. The molecule has 2 aromatic rings. The molecular weight excluding hydrogens is 236 g/mol. The Bertz CT molecular complexity index is 579. The van der Waals surface area contributed by atoms with E-state index >= 15 is 0 Å². The van der Waals surface area contributed by atoms with Gasteiger partial charge >= 0.3 is 5.69 Å². The SMILES string of the molecule is Cn1ccnc1CNc1nc(N)ccc1[N+](=O)[O-]. The fraction of sp³-hybridized carbons (Fsp3) is 0.200. The monoisotopic (exact) mass is 248 g/mol. The molecule has 0 aliphatic carbocycles. The second-order valence-electron chi connectivity index (χ2n) is 3.67. The van der Waals surface area contributed by atoms with Crippen molar-refractivity contribution in [1.82, 2.24) is 14.5 Å². The summed E-state index contributed by atoms with van der Waals surface area (Å²) in [6.07, 6.45) is 3.44. The van der Waals surface area contributed by atoms with E-state index in [9.17, 15) is 10.1 Å². The molecular formula is C10H12N6O2. The molecule has 0 aliphatic rings. The minimum atomic E-state index is -0.507. The third-order valence-corrected chi connectivity index (χ3v) is 2.43. The first-order valence-electron chi connectivity index (χ1n) is 5.19. The fourth-order valence-corrected chi connectivity index (χ4v) is 1.47. The van der Waals surface area contributed by atoms with E-state index in [1.54, 1.807) is 12.4 Å². The van der Waals surface area contributed by atoms with E-state index in [1.165, 1.54) is 12.1 Å². The molecule has 8 heteroatoms. The lowest BCUT2D eigenvalue weighted by molar-refractivity contribution is -0.384. The van der Waals surface area contributed by atoms with Crippen LogP contribution in [0.4, 0.5) is 17.3 Å². The maximum Gasteiger partial charge on any atom is 0.311 e. The second-order valence-corrected chi connectivity index (χ2v) is 3.67. The van der Waals surface area contributed by atoms with Crippen molar-refractivity contribution >= 4 is 17.3 Å². The number of aromatic nitrogens is 3. The number of aryl methyl sites for hydroxylation is 1. The number of anilines is 2. The Hall–Kier alpha value is -2.64. The lowest BCUT2D eigenvalue weighted by Gasteiger charge is -2.06. The zero-order chi connectivity index (χ0) is 13.1. The quantitative estimate of drug-likeness (QED) is 0.614. The number of nitrogens with one attached hydrogen (secondary N) is 1. The smallest absolute Gasteiger partial charge is 0.311 e. The van der Waals surface area contributed by atoms with Gasteiger partial charge in [0.05, 0.1) is 11.5 Å². The maximum atomic E-state index is 10.8. The zero-order valence-corrected chi connectivity index (χ0v) is 9.70. The molecule has 18 heavy (non-hydrogen) atoms. The molecule has 0 radical (unpaired) electrons. The third kappa shape index (κ3) is 2.37. The molecule has 0 fully saturated rings. The fourth-order valence-electron chi connectivity index (χ4n) is 1.47. The first-order chi connectivity index (χ1) is 8.58. The van der Waals surface area contributed by atoms with E-state index in [2.05, 4.69) is 15.3 Å². The van der Waals surface area contributed by atoms with Crippen LogP contribution in [-0.2, 0) is 13.6 Å². The van der Waals surface area contributed by atoms with Crippen molar-refractivity contribution in [3.8, 4) is 0 Å². The lowest BCUT2D eigenvalue weighted by atomic mass is 10.3. The second kappa shape index (κ2) is 4.70. The van der Waals surface area contributed by atoms with E-state index in [0.717, 1.165) is 5.82 Å². The van der Waals surface area contributed by atoms with Gasteiger partial charge < -0.3 is 15.6 Å². The summed E-state index contributed by atoms with van der Waals surface area (Å²) in [5.41, 5.74) is 5.40. The molecule has 0 aromatic carbocycles. The van der Waals surface area contributed by atoms with Crippen LogP contribution >= 0.6 is 0 Å². The largest absolute Gasteiger partial charge is 0.384 e. The van der Waals surface area contributed by atoms with E-state index in [4.69, 9.17) is 5.73 Å². The predicted octanol–water partition coefficient (Wildman–Crippen LogP) is 0.918. The molecule has 2 aromatic heterocycles. The van der Waals surface area contributed by atoms with Gasteiger partial charge in [-0.3, -0.25) is 10.1 Å². The molecule has 0 saturated carbocycles. The Morgan fingerprint density at radius 1 is 1.56 bits per heavy atom. The van der Waals surface area contributed by atoms with Crippen molar-refractivity contribution in [1.29, 1.82) is 0 Å². The van der Waals surface area contributed by atoms with Crippen LogP contribution in [0, 0.1) is 10.1 Å². The summed E-state index contributed by atoms with van der Waals surface area (Å²) < 4.78 is 1.81. The third-order valence-electron chi connectivity index (χ3n) is 2.43. The average Bonchev–Trinajstić information content (AvgIpc) is 2.72. The van der Waals surface area contributed by atoms with Crippen LogP contribution < -0.4 is 11.1 Å². The number of hydrogen-bond acceptors (Lipinski definition) is 6. The molecule has 0 spiro atoms. The lowest BCUT2D eigenvalue weighted by Crippen LogP contribution is -2.09. The molecule has 3 N–H and O–H groups in total. The number of nitrogens with two attached hydrogens (primary N) is 1. The molecule has 2 rings (SSSR count). The van der Waals surface area contributed by atoms with Crippen molar-refractivity contribution in [3.05, 3.63) is 40.5 Å². The molecule has 0 atom stereocenters. The molecule has 2 heterocycles. The number of nitrogens with zero attached hydrogens (tertiary/aromatic N) is 4. The van der Waals surface area contributed by atoms with Crippen LogP contribution in [0.1, 0.15) is 5.82 Å². The van der Waals surface area contributed by atoms with Crippen molar-refractivity contribution < 1.29 is 4.92 Å². The van der Waals surface area contributed by atoms with Gasteiger partial charge in [-0.05, 0) is 6.07 Å². The van der Waals surface area contributed by atoms with Gasteiger partial charge in [0.15, 0.2) is 0 Å². The number of nitrogen functional groups attached to an aromatic ring is 1. The van der Waals surface area contributed by atoms with Gasteiger partial charge in [-0.1, -0.05) is 0 Å². The maximum absolute atomic E-state index is 10.8. The van der Waals surface area contributed by atoms with Gasteiger partial charge in [0.1, 0.15) is 11.6 Å². The van der Waals surface area contributed by atoms with Crippen molar-refractivity contribution in [2.75, 3.05) is 11.1 Å². The van der Waals surface area contributed by atoms with Gasteiger partial charge in [-0.25, -0.2) is 9.97 Å². The normalized spacial score (nSPS) is 10.3. The predicted molar refractivity (Wildman–Crippen MR) is 65.8 cm³/mol. The Morgan fingerprint density at radius 3 is 2.94 bits per heavy atom. The standard InChI is InChI=1S/C10H12N6O2/c1-15-5-4-12-9(15)6-13-10-7(16(17)18)2-3-8(11)14-10/h2-5H,6H2,1H3,(H3,11,13,14). The van der Waals surface area contributed by atoms with Crippen LogP contribution in [0.3, 0.4) is 0 Å². The number of rotatable bonds is 4. The molecule has 0 amide bonds. The van der Waals surface area contributed by atoms with Crippen LogP contribution in [0.25, 0.3) is 0 Å². The topological polar surface area (TPSA) is 112 Å². The summed E-state index contributed by atoms with van der Waals surface area (Å²) in [6.45, 7) is 0.334. The zero-order valence-electron chi connectivity index (χ0n) is 9.70. The summed E-state index contributed by atoms with van der Waals surface area (Å²) >= 11 is 0. The number of nitro groups is 1. The highest BCUT2D eigenvalue weighted by Crippen LogP contribution is 2.23. The summed E-state index contributed by atoms with van der Waals surface area (Å²) in [4.78, 5) is 18.3. The number of hydrogen-bond donors (Lipinski definition) is 2. The van der Waals surface area contributed by atoms with Crippen LogP contribution in [0.2, 0.25) is 0 Å². The van der Waals surface area contributed by atoms with Crippen LogP contribution in [0.15, 0.2) is 24.5 Å². The first-order valence-corrected chi connectivity index (χ1v) is 5.19. The minimum Gasteiger partial charge on any atom is -0.384 e. The van der Waals surface area contributed by atoms with E-state index in [1.807, 2.05) is 11.6 Å². The summed E-state index contributed by atoms with van der Waals surface area (Å²) in [5.74, 6) is 1.11. The Morgan fingerprint density at radius 2 is 2.33 bits per heavy atom. The van der Waals surface area contributed by atoms with Crippen LogP contribution in [0.5, 0.6) is 0 Å². The highest BCUT2D eigenvalue weighted by atomic mass is 16.6. The number of imidazole rings is 1. The molecule has 0 bridgehead atoms. The van der Waals surface area contributed by atoms with Crippen molar-refractivity contribution in [2.45, 2.75) is 6.54 Å². The van der Waals surface area contributed by atoms with Gasteiger partial charge in [0, 0.05) is 25.5 Å². The van der Waals surface area contributed by atoms with Gasteiger partial charge in [-0.2, -0.15) is 0 Å². The summed E-state index contributed by atoms with van der Waals surface area (Å²) in [7, 11) is 1.84. The molecule has 0 aliphatic heterocycles. The van der Waals surface area contributed by atoms with Gasteiger partial charge in [0.2, 0.25) is 5.82 Å². The highest BCUT2D eigenvalue weighted by Gasteiger charge is 2.15. The van der Waals surface area contributed by atoms with E-state index < -0.39 is 4.92 Å². The molecule has 8 nitrogen and oxygen atoms in total. The van der Waals surface area contributed by atoms with Crippen LogP contribution in [-0.4, -0.2) is 19.5 Å². The Kier molecular flexibility index (Phi) is 3.09. The van der Waals surface area contributed by atoms with Gasteiger partial charge in [0.25, 0.3) is 0 Å². The average molecular weight is 248 g/mol. The molecule has 94 valence electrons. The van der Waals surface area contributed by atoms with Crippen molar-refractivity contribution in [2.24, 2.45) is 7.05 Å². The Labute approximate surface area is 103 Å². The molecule has 0 saturated heterocycles. The van der Waals surface area contributed by atoms with Crippen molar-refractivity contribution in [3.63, 3.8) is 0 Å². The number of pyridine rings is 1. The first kappa shape index (κ1) is 11.8. The van der Waals surface area contributed by atoms with E-state index in [0.29, 0.717) is 6.54 Å². The summed E-state index contributed by atoms with van der Waals surface area (Å²) in [5, 5.41) is 13.7. The summed E-state index contributed by atoms with van der Waals surface area (Å²) in [6, 6.07) is 2.72.